The van der Waals surface area contributed by atoms with Gasteiger partial charge in [-0.2, -0.15) is 5.26 Å². The van der Waals surface area contributed by atoms with Crippen molar-refractivity contribution in [2.75, 3.05) is 24.9 Å². The summed E-state index contributed by atoms with van der Waals surface area (Å²) < 4.78 is 27.6. The molecule has 2 aromatic rings. The molecule has 0 bridgehead atoms. The first-order chi connectivity index (χ1) is 12.9. The first-order valence-corrected chi connectivity index (χ1v) is 10.2. The lowest BCUT2D eigenvalue weighted by Gasteiger charge is -2.28. The summed E-state index contributed by atoms with van der Waals surface area (Å²) in [6, 6.07) is 14.2. The number of nitriles is 1. The van der Waals surface area contributed by atoms with Gasteiger partial charge in [-0.15, -0.1) is 0 Å². The van der Waals surface area contributed by atoms with Gasteiger partial charge < -0.3 is 4.90 Å². The van der Waals surface area contributed by atoms with E-state index in [2.05, 4.69) is 9.62 Å². The van der Waals surface area contributed by atoms with Crippen LogP contribution in [0.2, 0.25) is 0 Å². The van der Waals surface area contributed by atoms with Crippen LogP contribution < -0.4 is 4.72 Å². The van der Waals surface area contributed by atoms with E-state index in [1.54, 1.807) is 24.3 Å². The Kier molecular flexibility index (Phi) is 5.59. The smallest absolute Gasteiger partial charge is 0.261 e. The summed E-state index contributed by atoms with van der Waals surface area (Å²) in [5.41, 5.74) is 1.25. The Hall–Kier alpha value is -2.69. The molecule has 27 heavy (non-hydrogen) atoms. The zero-order valence-electron chi connectivity index (χ0n) is 15.1. The molecule has 0 aromatic heterocycles. The normalized spacial score (nSPS) is 15.9. The standard InChI is InChI=1S/C20H21N3O3S/c1-23-11-9-16(10-12-23)20(24)17-3-2-4-18(13-17)22-27(25,26)19-7-5-15(14-21)6-8-19/h2-8,13,16,22H,9-12H2,1H3. The molecule has 3 rings (SSSR count). The second kappa shape index (κ2) is 7.91. The molecule has 1 aliphatic rings. The number of benzene rings is 2. The van der Waals surface area contributed by atoms with E-state index < -0.39 is 10.0 Å². The molecule has 7 heteroatoms. The molecule has 140 valence electrons. The van der Waals surface area contributed by atoms with Crippen LogP contribution in [0.5, 0.6) is 0 Å². The summed E-state index contributed by atoms with van der Waals surface area (Å²) in [4.78, 5) is 15.0. The number of piperidine rings is 1. The number of nitrogens with zero attached hydrogens (tertiary/aromatic N) is 2. The predicted molar refractivity (Wildman–Crippen MR) is 103 cm³/mol. The van der Waals surface area contributed by atoms with Gasteiger partial charge in [-0.1, -0.05) is 12.1 Å². The summed E-state index contributed by atoms with van der Waals surface area (Å²) in [5.74, 6) is 0.0362. The zero-order chi connectivity index (χ0) is 19.4. The fourth-order valence-electron chi connectivity index (χ4n) is 3.17. The molecule has 0 atom stereocenters. The Morgan fingerprint density at radius 2 is 1.81 bits per heavy atom. The number of hydrogen-bond acceptors (Lipinski definition) is 5. The number of carbonyl (C=O) groups is 1. The summed E-state index contributed by atoms with van der Waals surface area (Å²) >= 11 is 0. The Labute approximate surface area is 159 Å². The maximum absolute atomic E-state index is 12.7. The lowest BCUT2D eigenvalue weighted by atomic mass is 9.89. The van der Waals surface area contributed by atoms with Gasteiger partial charge in [0.05, 0.1) is 16.5 Å². The van der Waals surface area contributed by atoms with Gasteiger partial charge in [0.15, 0.2) is 5.78 Å². The van der Waals surface area contributed by atoms with Crippen molar-refractivity contribution in [1.29, 1.82) is 5.26 Å². The number of anilines is 1. The monoisotopic (exact) mass is 383 g/mol. The quantitative estimate of drug-likeness (QED) is 0.802. The molecule has 1 heterocycles. The van der Waals surface area contributed by atoms with Crippen molar-refractivity contribution in [2.24, 2.45) is 5.92 Å². The largest absolute Gasteiger partial charge is 0.306 e. The van der Waals surface area contributed by atoms with E-state index in [9.17, 15) is 13.2 Å². The van der Waals surface area contributed by atoms with Crippen molar-refractivity contribution in [3.8, 4) is 6.07 Å². The Bertz CT molecular complexity index is 970. The topological polar surface area (TPSA) is 90.3 Å². The Morgan fingerprint density at radius 3 is 2.44 bits per heavy atom. The van der Waals surface area contributed by atoms with Crippen molar-refractivity contribution >= 4 is 21.5 Å². The SMILES string of the molecule is CN1CCC(C(=O)c2cccc(NS(=O)(=O)c3ccc(C#N)cc3)c2)CC1. The molecule has 0 spiro atoms. The van der Waals surface area contributed by atoms with E-state index in [4.69, 9.17) is 5.26 Å². The summed E-state index contributed by atoms with van der Waals surface area (Å²) in [6.07, 6.45) is 1.63. The number of Topliss-reactive ketones (excluding diaryl/α,β-unsaturated/α-hetero) is 1. The number of hydrogen-bond donors (Lipinski definition) is 1. The van der Waals surface area contributed by atoms with E-state index in [1.807, 2.05) is 13.1 Å². The molecule has 0 radical (unpaired) electrons. The average molecular weight is 383 g/mol. The lowest BCUT2D eigenvalue weighted by Crippen LogP contribution is -2.33. The van der Waals surface area contributed by atoms with Crippen LogP contribution in [-0.4, -0.2) is 39.2 Å². The number of likely N-dealkylation sites (tertiary alicyclic amines) is 1. The molecule has 1 aliphatic heterocycles. The van der Waals surface area contributed by atoms with Crippen LogP contribution in [0.15, 0.2) is 53.4 Å². The van der Waals surface area contributed by atoms with Crippen molar-refractivity contribution in [1.82, 2.24) is 4.90 Å². The number of nitrogens with one attached hydrogen (secondary N) is 1. The highest BCUT2D eigenvalue weighted by Gasteiger charge is 2.24. The van der Waals surface area contributed by atoms with Crippen LogP contribution in [0.1, 0.15) is 28.8 Å². The molecule has 0 aliphatic carbocycles. The van der Waals surface area contributed by atoms with Crippen molar-refractivity contribution in [3.05, 3.63) is 59.7 Å². The molecule has 6 nitrogen and oxygen atoms in total. The first kappa shape index (κ1) is 19.1. The van der Waals surface area contributed by atoms with Gasteiger partial charge in [-0.3, -0.25) is 9.52 Å². The maximum Gasteiger partial charge on any atom is 0.261 e. The highest BCUT2D eigenvalue weighted by Crippen LogP contribution is 2.23. The van der Waals surface area contributed by atoms with Crippen LogP contribution in [0, 0.1) is 17.2 Å². The molecule has 0 saturated carbocycles. The molecule has 2 aromatic carbocycles. The van der Waals surface area contributed by atoms with E-state index in [1.165, 1.54) is 24.3 Å². The van der Waals surface area contributed by atoms with E-state index >= 15 is 0 Å². The van der Waals surface area contributed by atoms with E-state index in [0.29, 0.717) is 16.8 Å². The highest BCUT2D eigenvalue weighted by molar-refractivity contribution is 7.92. The van der Waals surface area contributed by atoms with Gasteiger partial charge in [0.2, 0.25) is 0 Å². The number of sulfonamides is 1. The molecule has 1 fully saturated rings. The van der Waals surface area contributed by atoms with Crippen molar-refractivity contribution in [2.45, 2.75) is 17.7 Å². The van der Waals surface area contributed by atoms with E-state index in [-0.39, 0.29) is 16.6 Å². The van der Waals surface area contributed by atoms with Crippen molar-refractivity contribution in [3.63, 3.8) is 0 Å². The van der Waals surface area contributed by atoms with Crippen LogP contribution in [0.4, 0.5) is 5.69 Å². The summed E-state index contributed by atoms with van der Waals surface area (Å²) in [7, 11) is -1.75. The highest BCUT2D eigenvalue weighted by atomic mass is 32.2. The molecule has 1 saturated heterocycles. The number of carbonyl (C=O) groups excluding carboxylic acids is 1. The van der Waals surface area contributed by atoms with Gasteiger partial charge in [0, 0.05) is 17.2 Å². The number of ketones is 1. The molecule has 0 amide bonds. The zero-order valence-corrected chi connectivity index (χ0v) is 15.9. The van der Waals surface area contributed by atoms with Crippen LogP contribution in [-0.2, 0) is 10.0 Å². The first-order valence-electron chi connectivity index (χ1n) is 8.75. The maximum atomic E-state index is 12.7. The van der Waals surface area contributed by atoms with Gasteiger partial charge in [-0.25, -0.2) is 8.42 Å². The third kappa shape index (κ3) is 4.54. The van der Waals surface area contributed by atoms with Gasteiger partial charge in [0.1, 0.15) is 0 Å². The van der Waals surface area contributed by atoms with Crippen LogP contribution >= 0.6 is 0 Å². The molecule has 0 unspecified atom stereocenters. The third-order valence-corrected chi connectivity index (χ3v) is 6.18. The second-order valence-electron chi connectivity index (χ2n) is 6.76. The fraction of sp³-hybridized carbons (Fsp3) is 0.300. The Morgan fingerprint density at radius 1 is 1.15 bits per heavy atom. The summed E-state index contributed by atoms with van der Waals surface area (Å²) in [5, 5.41) is 8.82. The molecule has 1 N–H and O–H groups in total. The fourth-order valence-corrected chi connectivity index (χ4v) is 4.21. The van der Waals surface area contributed by atoms with E-state index in [0.717, 1.165) is 25.9 Å². The Balaban J connectivity index is 1.77. The van der Waals surface area contributed by atoms with Gasteiger partial charge in [0.25, 0.3) is 10.0 Å². The minimum Gasteiger partial charge on any atom is -0.306 e. The minimum atomic E-state index is -3.79. The average Bonchev–Trinajstić information content (AvgIpc) is 2.68. The van der Waals surface area contributed by atoms with Crippen LogP contribution in [0.25, 0.3) is 0 Å². The van der Waals surface area contributed by atoms with Gasteiger partial charge >= 0.3 is 0 Å². The molecular weight excluding hydrogens is 362 g/mol. The minimum absolute atomic E-state index is 0.0217. The van der Waals surface area contributed by atoms with Gasteiger partial charge in [-0.05, 0) is 69.4 Å². The summed E-state index contributed by atoms with van der Waals surface area (Å²) in [6.45, 7) is 1.78. The number of rotatable bonds is 5. The third-order valence-electron chi connectivity index (χ3n) is 4.78. The van der Waals surface area contributed by atoms with Crippen molar-refractivity contribution < 1.29 is 13.2 Å². The second-order valence-corrected chi connectivity index (χ2v) is 8.45. The lowest BCUT2D eigenvalue weighted by molar-refractivity contribution is 0.0857. The predicted octanol–water partition coefficient (Wildman–Crippen LogP) is 2.88. The molecular formula is C20H21N3O3S. The van der Waals surface area contributed by atoms with Crippen LogP contribution in [0.3, 0.4) is 0 Å².